The number of rotatable bonds is 5. The fourth-order valence-electron chi connectivity index (χ4n) is 2.48. The van der Waals surface area contributed by atoms with E-state index in [1.165, 1.54) is 16.4 Å². The number of ether oxygens (including phenoxy) is 1. The largest absolute Gasteiger partial charge is 0.482 e. The first-order chi connectivity index (χ1) is 13.1. The normalized spacial score (nSPS) is 12.9. The van der Waals surface area contributed by atoms with Gasteiger partial charge in [-0.2, -0.15) is 4.68 Å². The van der Waals surface area contributed by atoms with Crippen LogP contribution >= 0.6 is 23.4 Å². The number of tetrazole rings is 1. The minimum atomic E-state index is -0.247. The predicted molar refractivity (Wildman–Crippen MR) is 99.8 cm³/mol. The van der Waals surface area contributed by atoms with Crippen molar-refractivity contribution >= 4 is 40.7 Å². The molecule has 2 heterocycles. The van der Waals surface area contributed by atoms with Crippen molar-refractivity contribution in [3.63, 3.8) is 0 Å². The third-order valence-corrected chi connectivity index (χ3v) is 4.95. The number of anilines is 1. The average Bonchev–Trinajstić information content (AvgIpc) is 3.14. The van der Waals surface area contributed by atoms with Gasteiger partial charge in [0.15, 0.2) is 12.4 Å². The van der Waals surface area contributed by atoms with E-state index < -0.39 is 0 Å². The molecular formula is C17H12ClN5O3S. The van der Waals surface area contributed by atoms with Gasteiger partial charge >= 0.3 is 0 Å². The molecule has 4 rings (SSSR count). The van der Waals surface area contributed by atoms with Crippen LogP contribution in [0.5, 0.6) is 5.75 Å². The maximum absolute atomic E-state index is 12.5. The number of amides is 1. The molecule has 27 heavy (non-hydrogen) atoms. The highest BCUT2D eigenvalue weighted by molar-refractivity contribution is 7.99. The number of carbonyl (C=O) groups excluding carboxylic acids is 2. The maximum atomic E-state index is 12.5. The number of fused-ring (bicyclic) bond motifs is 1. The first-order valence-corrected chi connectivity index (χ1v) is 9.23. The van der Waals surface area contributed by atoms with Gasteiger partial charge in [0.05, 0.1) is 17.1 Å². The molecule has 1 amide bonds. The molecule has 0 saturated heterocycles. The summed E-state index contributed by atoms with van der Waals surface area (Å²) in [4.78, 5) is 24.0. The first-order valence-electron chi connectivity index (χ1n) is 7.87. The van der Waals surface area contributed by atoms with E-state index in [1.54, 1.807) is 42.5 Å². The first kappa shape index (κ1) is 17.5. The van der Waals surface area contributed by atoms with E-state index in [2.05, 4.69) is 20.8 Å². The molecule has 1 N–H and O–H groups in total. The highest BCUT2D eigenvalue weighted by atomic mass is 35.5. The summed E-state index contributed by atoms with van der Waals surface area (Å²) in [7, 11) is 0. The van der Waals surface area contributed by atoms with Gasteiger partial charge in [-0.25, -0.2) is 0 Å². The van der Waals surface area contributed by atoms with Crippen LogP contribution in [0.2, 0.25) is 5.02 Å². The summed E-state index contributed by atoms with van der Waals surface area (Å²) in [5.74, 6) is 0.323. The van der Waals surface area contributed by atoms with E-state index >= 15 is 0 Å². The van der Waals surface area contributed by atoms with E-state index in [0.29, 0.717) is 27.2 Å². The van der Waals surface area contributed by atoms with Crippen LogP contribution < -0.4 is 10.1 Å². The van der Waals surface area contributed by atoms with Gasteiger partial charge in [-0.15, -0.1) is 5.10 Å². The van der Waals surface area contributed by atoms with Crippen LogP contribution in [0.3, 0.4) is 0 Å². The quantitative estimate of drug-likeness (QED) is 0.518. The minimum Gasteiger partial charge on any atom is -0.482 e. The number of hydrogen-bond acceptors (Lipinski definition) is 7. The van der Waals surface area contributed by atoms with Crippen LogP contribution in [0.25, 0.3) is 5.69 Å². The van der Waals surface area contributed by atoms with Gasteiger partial charge < -0.3 is 10.1 Å². The van der Waals surface area contributed by atoms with E-state index in [-0.39, 0.29) is 24.1 Å². The number of Topliss-reactive ketones (excluding diaryl/α,β-unsaturated/α-hetero) is 1. The number of aromatic nitrogens is 4. The molecule has 0 radical (unpaired) electrons. The lowest BCUT2D eigenvalue weighted by Crippen LogP contribution is -2.25. The zero-order valence-corrected chi connectivity index (χ0v) is 15.3. The Morgan fingerprint density at radius 1 is 1.26 bits per heavy atom. The van der Waals surface area contributed by atoms with Crippen molar-refractivity contribution in [2.24, 2.45) is 0 Å². The van der Waals surface area contributed by atoms with Gasteiger partial charge in [0.1, 0.15) is 5.75 Å². The SMILES string of the molecule is O=C1COc2ccc(C(=O)CSc3nnnn3-c3ccc(Cl)cc3)cc2N1. The van der Waals surface area contributed by atoms with Crippen molar-refractivity contribution in [2.45, 2.75) is 5.16 Å². The molecule has 0 saturated carbocycles. The molecule has 0 bridgehead atoms. The summed E-state index contributed by atoms with van der Waals surface area (Å²) in [6.45, 7) is -0.0243. The number of carbonyl (C=O) groups is 2. The molecule has 1 aliphatic rings. The fourth-order valence-corrected chi connectivity index (χ4v) is 3.39. The fraction of sp³-hybridized carbons (Fsp3) is 0.118. The Morgan fingerprint density at radius 2 is 2.07 bits per heavy atom. The molecule has 0 fully saturated rings. The lowest BCUT2D eigenvalue weighted by atomic mass is 10.1. The highest BCUT2D eigenvalue weighted by Gasteiger charge is 2.19. The number of nitrogens with zero attached hydrogens (tertiary/aromatic N) is 4. The Balaban J connectivity index is 1.48. The lowest BCUT2D eigenvalue weighted by Gasteiger charge is -2.18. The van der Waals surface area contributed by atoms with Gasteiger partial charge in [-0.05, 0) is 52.9 Å². The van der Waals surface area contributed by atoms with Gasteiger partial charge in [-0.3, -0.25) is 9.59 Å². The molecular weight excluding hydrogens is 390 g/mol. The molecule has 8 nitrogen and oxygen atoms in total. The molecule has 2 aromatic carbocycles. The van der Waals surface area contributed by atoms with Crippen molar-refractivity contribution in [3.8, 4) is 11.4 Å². The number of hydrogen-bond donors (Lipinski definition) is 1. The smallest absolute Gasteiger partial charge is 0.262 e. The summed E-state index contributed by atoms with van der Waals surface area (Å²) in [6, 6.07) is 12.0. The zero-order chi connectivity index (χ0) is 18.8. The van der Waals surface area contributed by atoms with Crippen LogP contribution in [0, 0.1) is 0 Å². The molecule has 1 aromatic heterocycles. The van der Waals surface area contributed by atoms with Gasteiger partial charge in [0.2, 0.25) is 5.16 Å². The maximum Gasteiger partial charge on any atom is 0.262 e. The summed E-state index contributed by atoms with van der Waals surface area (Å²) in [6.07, 6.45) is 0. The zero-order valence-electron chi connectivity index (χ0n) is 13.8. The van der Waals surface area contributed by atoms with E-state index in [0.717, 1.165) is 5.69 Å². The summed E-state index contributed by atoms with van der Waals surface area (Å²) in [5.41, 5.74) is 1.71. The predicted octanol–water partition coefficient (Wildman–Crippen LogP) is 2.62. The van der Waals surface area contributed by atoms with Crippen molar-refractivity contribution in [2.75, 3.05) is 17.7 Å². The second-order valence-corrected chi connectivity index (χ2v) is 6.99. The van der Waals surface area contributed by atoms with Gasteiger partial charge in [0, 0.05) is 10.6 Å². The standard InChI is InChI=1S/C17H12ClN5O3S/c18-11-2-4-12(5-3-11)23-17(20-21-22-23)27-9-14(24)10-1-6-15-13(7-10)19-16(25)8-26-15/h1-7H,8-9H2,(H,19,25). The molecule has 10 heteroatoms. The number of nitrogens with one attached hydrogen (secondary N) is 1. The Bertz CT molecular complexity index is 1020. The molecule has 0 atom stereocenters. The molecule has 1 aliphatic heterocycles. The van der Waals surface area contributed by atoms with Crippen LogP contribution in [0.4, 0.5) is 5.69 Å². The van der Waals surface area contributed by atoms with E-state index in [1.807, 2.05) is 0 Å². The molecule has 0 aliphatic carbocycles. The Labute approximate surface area is 162 Å². The third-order valence-electron chi connectivity index (χ3n) is 3.78. The van der Waals surface area contributed by atoms with Crippen LogP contribution in [-0.2, 0) is 4.79 Å². The van der Waals surface area contributed by atoms with Crippen molar-refractivity contribution < 1.29 is 14.3 Å². The second-order valence-electron chi connectivity index (χ2n) is 5.61. The average molecular weight is 402 g/mol. The Kier molecular flexibility index (Phi) is 4.78. The number of ketones is 1. The molecule has 0 spiro atoms. The third kappa shape index (κ3) is 3.79. The van der Waals surface area contributed by atoms with Crippen molar-refractivity contribution in [1.29, 1.82) is 0 Å². The van der Waals surface area contributed by atoms with Crippen molar-refractivity contribution in [3.05, 3.63) is 53.1 Å². The van der Waals surface area contributed by atoms with Crippen LogP contribution in [0.1, 0.15) is 10.4 Å². The molecule has 136 valence electrons. The number of thioether (sulfide) groups is 1. The van der Waals surface area contributed by atoms with Gasteiger partial charge in [0.25, 0.3) is 5.91 Å². The van der Waals surface area contributed by atoms with Crippen molar-refractivity contribution in [1.82, 2.24) is 20.2 Å². The van der Waals surface area contributed by atoms with Crippen LogP contribution in [0.15, 0.2) is 47.6 Å². The number of halogens is 1. The van der Waals surface area contributed by atoms with Gasteiger partial charge in [-0.1, -0.05) is 23.4 Å². The number of benzene rings is 2. The molecule has 0 unspecified atom stereocenters. The lowest BCUT2D eigenvalue weighted by molar-refractivity contribution is -0.118. The van der Waals surface area contributed by atoms with Crippen LogP contribution in [-0.4, -0.2) is 44.3 Å². The minimum absolute atomic E-state index is 0.0243. The topological polar surface area (TPSA) is 99.0 Å². The Morgan fingerprint density at radius 3 is 2.89 bits per heavy atom. The van der Waals surface area contributed by atoms with E-state index in [9.17, 15) is 9.59 Å². The second kappa shape index (κ2) is 7.37. The van der Waals surface area contributed by atoms with E-state index in [4.69, 9.17) is 16.3 Å². The monoisotopic (exact) mass is 401 g/mol. The summed E-state index contributed by atoms with van der Waals surface area (Å²) in [5, 5.41) is 15.4. The highest BCUT2D eigenvalue weighted by Crippen LogP contribution is 2.29. The Hall–Kier alpha value is -2.91. The summed E-state index contributed by atoms with van der Waals surface area (Å²) < 4.78 is 6.83. The molecule has 3 aromatic rings. The summed E-state index contributed by atoms with van der Waals surface area (Å²) >= 11 is 7.12.